The van der Waals surface area contributed by atoms with Gasteiger partial charge in [0, 0.05) is 6.42 Å². The lowest BCUT2D eigenvalue weighted by atomic mass is 10.0. The molecule has 7 nitrogen and oxygen atoms in total. The molecule has 0 fully saturated rings. The molecule has 0 saturated carbocycles. The zero-order valence-electron chi connectivity index (χ0n) is 21.2. The third kappa shape index (κ3) is 24.3. The van der Waals surface area contributed by atoms with Crippen LogP contribution in [0.3, 0.4) is 0 Å². The number of carbonyl (C=O) groups is 1. The smallest absolute Gasteiger partial charge is 0.330 e. The van der Waals surface area contributed by atoms with Crippen molar-refractivity contribution in [1.82, 2.24) is 0 Å². The predicted molar refractivity (Wildman–Crippen MR) is 131 cm³/mol. The highest BCUT2D eigenvalue weighted by molar-refractivity contribution is 7.40. The van der Waals surface area contributed by atoms with E-state index in [1.54, 1.807) is 0 Å². The number of rotatable bonds is 23. The highest BCUT2D eigenvalue weighted by atomic mass is 31.2. The van der Waals surface area contributed by atoms with E-state index in [9.17, 15) is 14.8 Å². The van der Waals surface area contributed by atoms with Crippen LogP contribution in [0.1, 0.15) is 96.8 Å². The molecule has 0 saturated heterocycles. The van der Waals surface area contributed by atoms with E-state index in [1.165, 1.54) is 64.2 Å². The summed E-state index contributed by atoms with van der Waals surface area (Å²) in [5.41, 5.74) is 0. The first-order chi connectivity index (χ1) is 15.2. The van der Waals surface area contributed by atoms with Crippen LogP contribution in [0.4, 0.5) is 0 Å². The number of likely N-dealkylation sites (N-methyl/N-ethyl adjacent to an activating group) is 1. The summed E-state index contributed by atoms with van der Waals surface area (Å²) in [5.74, 6) is -0.294. The Morgan fingerprint density at radius 3 is 1.81 bits per heavy atom. The summed E-state index contributed by atoms with van der Waals surface area (Å²) in [6.45, 7) is 3.11. The van der Waals surface area contributed by atoms with Gasteiger partial charge in [0.1, 0.15) is 25.9 Å². The van der Waals surface area contributed by atoms with E-state index in [2.05, 4.69) is 6.92 Å². The minimum atomic E-state index is -2.03. The van der Waals surface area contributed by atoms with Gasteiger partial charge in [-0.2, -0.15) is 0 Å². The number of aliphatic hydroxyl groups excluding tert-OH is 1. The summed E-state index contributed by atoms with van der Waals surface area (Å²) in [6.07, 6.45) is 15.9. The van der Waals surface area contributed by atoms with Crippen LogP contribution in [0.5, 0.6) is 0 Å². The van der Waals surface area contributed by atoms with Crippen molar-refractivity contribution >= 4 is 14.6 Å². The Labute approximate surface area is 198 Å². The maximum atomic E-state index is 11.8. The number of ether oxygens (including phenoxy) is 1. The molecule has 192 valence electrons. The molecule has 0 aliphatic carbocycles. The average Bonchev–Trinajstić information content (AvgIpc) is 2.73. The molecule has 0 aromatic rings. The van der Waals surface area contributed by atoms with Crippen LogP contribution < -0.4 is 0 Å². The first-order valence-corrected chi connectivity index (χ1v) is 13.8. The van der Waals surface area contributed by atoms with Gasteiger partial charge in [-0.05, 0) is 6.42 Å². The van der Waals surface area contributed by atoms with Crippen LogP contribution in [-0.4, -0.2) is 74.1 Å². The lowest BCUT2D eigenvalue weighted by molar-refractivity contribution is -0.870. The van der Waals surface area contributed by atoms with Gasteiger partial charge < -0.3 is 28.3 Å². The molecule has 2 atom stereocenters. The van der Waals surface area contributed by atoms with Crippen molar-refractivity contribution in [2.45, 2.75) is 103 Å². The number of carbonyl (C=O) groups excluding carboxylic acids is 1. The van der Waals surface area contributed by atoms with Crippen LogP contribution >= 0.6 is 8.60 Å². The van der Waals surface area contributed by atoms with Crippen LogP contribution in [-0.2, 0) is 18.6 Å². The average molecular weight is 481 g/mol. The second kappa shape index (κ2) is 21.2. The maximum Gasteiger partial charge on any atom is 0.330 e. The Morgan fingerprint density at radius 1 is 0.812 bits per heavy atom. The van der Waals surface area contributed by atoms with Gasteiger partial charge in [-0.3, -0.25) is 4.79 Å². The summed E-state index contributed by atoms with van der Waals surface area (Å²) >= 11 is 0. The largest absolute Gasteiger partial charge is 0.463 e. The van der Waals surface area contributed by atoms with Gasteiger partial charge in [0.2, 0.25) is 0 Å². The Bertz CT molecular complexity index is 433. The first kappa shape index (κ1) is 31.7. The third-order valence-electron chi connectivity index (χ3n) is 5.26. The Morgan fingerprint density at radius 2 is 1.31 bits per heavy atom. The molecule has 0 aliphatic rings. The topological polar surface area (TPSA) is 85.2 Å². The molecule has 32 heavy (non-hydrogen) atoms. The van der Waals surface area contributed by atoms with E-state index in [-0.39, 0.29) is 19.2 Å². The minimum Gasteiger partial charge on any atom is -0.463 e. The van der Waals surface area contributed by atoms with E-state index in [4.69, 9.17) is 13.8 Å². The molecule has 1 unspecified atom stereocenters. The number of hydrogen-bond donors (Lipinski definition) is 2. The van der Waals surface area contributed by atoms with Crippen molar-refractivity contribution in [2.75, 3.05) is 47.5 Å². The van der Waals surface area contributed by atoms with Crippen molar-refractivity contribution in [3.8, 4) is 0 Å². The molecule has 8 heteroatoms. The Balaban J connectivity index is 3.44. The lowest BCUT2D eigenvalue weighted by Gasteiger charge is -2.24. The van der Waals surface area contributed by atoms with Crippen molar-refractivity contribution < 1.29 is 33.1 Å². The number of hydrogen-bond acceptors (Lipinski definition) is 6. The summed E-state index contributed by atoms with van der Waals surface area (Å²) < 4.78 is 16.1. The highest BCUT2D eigenvalue weighted by Gasteiger charge is 2.15. The predicted octanol–water partition coefficient (Wildman–Crippen LogP) is 5.33. The van der Waals surface area contributed by atoms with E-state index < -0.39 is 14.7 Å². The van der Waals surface area contributed by atoms with E-state index in [0.717, 1.165) is 30.3 Å². The fourth-order valence-electron chi connectivity index (χ4n) is 3.18. The fourth-order valence-corrected chi connectivity index (χ4v) is 3.79. The number of nitrogens with zero attached hydrogens (tertiary/aromatic N) is 1. The summed E-state index contributed by atoms with van der Waals surface area (Å²) in [4.78, 5) is 21.4. The van der Waals surface area contributed by atoms with Crippen LogP contribution in [0.2, 0.25) is 0 Å². The monoisotopic (exact) mass is 480 g/mol. The second-order valence-corrected chi connectivity index (χ2v) is 10.7. The standard InChI is InChI=1S/C24H51NO6P/c1-5-6-7-8-9-10-11-12-13-14-15-16-17-18-24(27)29-21-23(26)22-31-32(28)30-20-19-25(2,3)4/h23,26,28H,5-22H2,1-4H3/q+1/t23-,32?/m1/s1. The lowest BCUT2D eigenvalue weighted by Crippen LogP contribution is -2.37. The summed E-state index contributed by atoms with van der Waals surface area (Å²) in [5, 5.41) is 9.82. The fraction of sp³-hybridized carbons (Fsp3) is 0.958. The Hall–Kier alpha value is -0.300. The molecule has 0 radical (unpaired) electrons. The number of aliphatic hydroxyl groups is 1. The zero-order chi connectivity index (χ0) is 24.1. The molecule has 0 bridgehead atoms. The highest BCUT2D eigenvalue weighted by Crippen LogP contribution is 2.32. The van der Waals surface area contributed by atoms with Crippen molar-refractivity contribution in [2.24, 2.45) is 0 Å². The maximum absolute atomic E-state index is 11.8. The first-order valence-electron chi connectivity index (χ1n) is 12.6. The SMILES string of the molecule is CCCCCCCCCCCCCCCC(=O)OC[C@@H](O)COP(O)OCC[N+](C)(C)C. The van der Waals surface area contributed by atoms with Gasteiger partial charge in [0.15, 0.2) is 0 Å². The molecule has 0 heterocycles. The van der Waals surface area contributed by atoms with Gasteiger partial charge >= 0.3 is 14.6 Å². The van der Waals surface area contributed by atoms with Crippen molar-refractivity contribution in [3.05, 3.63) is 0 Å². The number of esters is 1. The minimum absolute atomic E-state index is 0.126. The molecule has 0 spiro atoms. The molecule has 0 amide bonds. The molecule has 0 aromatic heterocycles. The molecule has 0 aromatic carbocycles. The molecular formula is C24H51NO6P+. The number of quaternary nitrogens is 1. The van der Waals surface area contributed by atoms with E-state index >= 15 is 0 Å². The molecular weight excluding hydrogens is 429 g/mol. The Kier molecular flexibility index (Phi) is 21.0. The van der Waals surface area contributed by atoms with Gasteiger partial charge in [-0.15, -0.1) is 0 Å². The van der Waals surface area contributed by atoms with Crippen LogP contribution in [0.15, 0.2) is 0 Å². The summed E-state index contributed by atoms with van der Waals surface area (Å²) in [6, 6.07) is 0. The van der Waals surface area contributed by atoms with Crippen molar-refractivity contribution in [3.63, 3.8) is 0 Å². The van der Waals surface area contributed by atoms with Crippen LogP contribution in [0.25, 0.3) is 0 Å². The normalized spacial score (nSPS) is 13.8. The van der Waals surface area contributed by atoms with Crippen LogP contribution in [0, 0.1) is 0 Å². The van der Waals surface area contributed by atoms with E-state index in [1.807, 2.05) is 21.1 Å². The molecule has 2 N–H and O–H groups in total. The zero-order valence-corrected chi connectivity index (χ0v) is 22.1. The van der Waals surface area contributed by atoms with Gasteiger partial charge in [-0.1, -0.05) is 84.0 Å². The summed E-state index contributed by atoms with van der Waals surface area (Å²) in [7, 11) is 4.06. The quantitative estimate of drug-likeness (QED) is 0.0890. The second-order valence-electron chi connectivity index (χ2n) is 9.71. The third-order valence-corrected chi connectivity index (χ3v) is 6.04. The number of unbranched alkanes of at least 4 members (excludes halogenated alkanes) is 12. The van der Waals surface area contributed by atoms with E-state index in [0.29, 0.717) is 13.0 Å². The van der Waals surface area contributed by atoms with Gasteiger partial charge in [0.25, 0.3) is 0 Å². The van der Waals surface area contributed by atoms with Crippen molar-refractivity contribution in [1.29, 1.82) is 0 Å². The molecule has 0 rings (SSSR count). The van der Waals surface area contributed by atoms with Gasteiger partial charge in [-0.25, -0.2) is 0 Å². The molecule has 0 aliphatic heterocycles. The van der Waals surface area contributed by atoms with Gasteiger partial charge in [0.05, 0.1) is 27.7 Å².